The molecular formula is C24H19Cl3FNS. The van der Waals surface area contributed by atoms with E-state index < -0.39 is 5.82 Å². The third-order valence-electron chi connectivity index (χ3n) is 5.64. The topological polar surface area (TPSA) is 12.9 Å². The van der Waals surface area contributed by atoms with Crippen LogP contribution < -0.4 is 0 Å². The van der Waals surface area contributed by atoms with Gasteiger partial charge in [-0.15, -0.1) is 23.7 Å². The summed E-state index contributed by atoms with van der Waals surface area (Å²) >= 11 is 14.1. The van der Waals surface area contributed by atoms with Crippen LogP contribution in [0.5, 0.6) is 0 Å². The smallest absolute Gasteiger partial charge is 0.142 e. The average molecular weight is 479 g/mol. The predicted molar refractivity (Wildman–Crippen MR) is 129 cm³/mol. The number of aryl methyl sites for hydroxylation is 1. The second-order valence-corrected chi connectivity index (χ2v) is 9.60. The summed E-state index contributed by atoms with van der Waals surface area (Å²) in [5, 5.41) is 1.65. The molecule has 0 amide bonds. The van der Waals surface area contributed by atoms with Gasteiger partial charge in [-0.1, -0.05) is 60.5 Å². The number of thiophene rings is 1. The van der Waals surface area contributed by atoms with Gasteiger partial charge in [0.1, 0.15) is 10.6 Å². The highest BCUT2D eigenvalue weighted by Gasteiger charge is 2.24. The van der Waals surface area contributed by atoms with Crippen molar-refractivity contribution in [3.63, 3.8) is 0 Å². The van der Waals surface area contributed by atoms with Gasteiger partial charge >= 0.3 is 0 Å². The molecule has 0 fully saturated rings. The highest BCUT2D eigenvalue weighted by molar-refractivity contribution is 7.19. The maximum absolute atomic E-state index is 14.2. The number of hydrogen-bond acceptors (Lipinski definition) is 2. The standard InChI is InChI=1S/C24H18Cl2FNS.ClH/c1-13-7-8-15-22(9-13)29-24-23(15)16(14-5-3-2-4-6-14)11-21(28-24)17-10-20(27)19(26)12-18(17)25;/h2-6,10-13H,7-9H2,1H3;1H. The Hall–Kier alpha value is -1.65. The number of nitrogens with zero attached hydrogens (tertiary/aromatic N) is 1. The van der Waals surface area contributed by atoms with Gasteiger partial charge in [-0.3, -0.25) is 0 Å². The Morgan fingerprint density at radius 1 is 1.03 bits per heavy atom. The molecule has 0 saturated carbocycles. The van der Waals surface area contributed by atoms with Gasteiger partial charge < -0.3 is 0 Å². The molecule has 0 saturated heterocycles. The quantitative estimate of drug-likeness (QED) is 0.263. The van der Waals surface area contributed by atoms with E-state index in [0.717, 1.165) is 28.8 Å². The van der Waals surface area contributed by atoms with Gasteiger partial charge in [0.05, 0.1) is 15.7 Å². The van der Waals surface area contributed by atoms with Gasteiger partial charge in [-0.2, -0.15) is 0 Å². The fourth-order valence-corrected chi connectivity index (χ4v) is 6.03. The predicted octanol–water partition coefficient (Wildman–Crippen LogP) is 8.62. The van der Waals surface area contributed by atoms with E-state index in [1.165, 1.54) is 34.4 Å². The number of fused-ring (bicyclic) bond motifs is 3. The number of halogens is 4. The highest BCUT2D eigenvalue weighted by Crippen LogP contribution is 2.44. The van der Waals surface area contributed by atoms with Gasteiger partial charge in [-0.25, -0.2) is 9.37 Å². The zero-order valence-corrected chi connectivity index (χ0v) is 19.4. The molecule has 0 spiro atoms. The van der Waals surface area contributed by atoms with Crippen LogP contribution in [0.25, 0.3) is 32.6 Å². The highest BCUT2D eigenvalue weighted by atomic mass is 35.5. The summed E-state index contributed by atoms with van der Waals surface area (Å²) in [6.45, 7) is 2.31. The minimum absolute atomic E-state index is 0. The van der Waals surface area contributed by atoms with E-state index in [4.69, 9.17) is 28.2 Å². The lowest BCUT2D eigenvalue weighted by molar-refractivity contribution is 0.509. The lowest BCUT2D eigenvalue weighted by Gasteiger charge is -2.18. The van der Waals surface area contributed by atoms with Crippen LogP contribution in [0.15, 0.2) is 48.5 Å². The van der Waals surface area contributed by atoms with Gasteiger partial charge in [-0.05, 0) is 60.1 Å². The van der Waals surface area contributed by atoms with Crippen LogP contribution in [0.3, 0.4) is 0 Å². The molecule has 6 heteroatoms. The molecular weight excluding hydrogens is 460 g/mol. The Morgan fingerprint density at radius 3 is 2.57 bits per heavy atom. The fraction of sp³-hybridized carbons (Fsp3) is 0.208. The lowest BCUT2D eigenvalue weighted by atomic mass is 9.87. The Kier molecular flexibility index (Phi) is 6.09. The molecule has 1 nitrogen and oxygen atoms in total. The van der Waals surface area contributed by atoms with E-state index in [0.29, 0.717) is 22.2 Å². The van der Waals surface area contributed by atoms with Crippen molar-refractivity contribution in [1.82, 2.24) is 4.98 Å². The first-order valence-electron chi connectivity index (χ1n) is 9.67. The summed E-state index contributed by atoms with van der Waals surface area (Å²) in [6, 6.07) is 15.2. The molecule has 5 rings (SSSR count). The molecule has 0 bridgehead atoms. The number of benzene rings is 2. The lowest BCUT2D eigenvalue weighted by Crippen LogP contribution is -2.08. The summed E-state index contributed by atoms with van der Waals surface area (Å²) in [6.07, 6.45) is 3.37. The zero-order valence-electron chi connectivity index (χ0n) is 16.2. The maximum Gasteiger partial charge on any atom is 0.142 e. The molecule has 0 N–H and O–H groups in total. The SMILES string of the molecule is CC1CCc2c(sc3nc(-c4cc(F)c(Cl)cc4Cl)cc(-c4ccccc4)c23)C1.Cl. The summed E-state index contributed by atoms with van der Waals surface area (Å²) in [5.74, 6) is 0.198. The zero-order chi connectivity index (χ0) is 20.1. The fourth-order valence-electron chi connectivity index (χ4n) is 4.15. The molecule has 154 valence electrons. The Labute approximate surface area is 195 Å². The van der Waals surface area contributed by atoms with Crippen molar-refractivity contribution in [3.05, 3.63) is 74.8 Å². The third kappa shape index (κ3) is 3.73. The molecule has 0 radical (unpaired) electrons. The van der Waals surface area contributed by atoms with Gasteiger partial charge in [0.2, 0.25) is 0 Å². The Balaban J connectivity index is 0.00000218. The minimum Gasteiger partial charge on any atom is -0.237 e. The normalized spacial score (nSPS) is 15.7. The van der Waals surface area contributed by atoms with Crippen LogP contribution in [-0.2, 0) is 12.8 Å². The van der Waals surface area contributed by atoms with Crippen LogP contribution in [0.1, 0.15) is 23.8 Å². The van der Waals surface area contributed by atoms with Crippen molar-refractivity contribution in [2.45, 2.75) is 26.2 Å². The van der Waals surface area contributed by atoms with Crippen LogP contribution in [0, 0.1) is 11.7 Å². The molecule has 1 aliphatic rings. The van der Waals surface area contributed by atoms with Crippen molar-refractivity contribution in [3.8, 4) is 22.4 Å². The molecule has 2 aromatic heterocycles. The van der Waals surface area contributed by atoms with Crippen LogP contribution in [0.4, 0.5) is 4.39 Å². The molecule has 0 aliphatic heterocycles. The molecule has 1 aliphatic carbocycles. The number of hydrogen-bond donors (Lipinski definition) is 0. The molecule has 2 aromatic carbocycles. The number of aromatic nitrogens is 1. The first kappa shape index (κ1) is 21.6. The van der Waals surface area contributed by atoms with Crippen molar-refractivity contribution < 1.29 is 4.39 Å². The first-order chi connectivity index (χ1) is 14.0. The van der Waals surface area contributed by atoms with Crippen molar-refractivity contribution in [2.75, 3.05) is 0 Å². The number of rotatable bonds is 2. The second-order valence-electron chi connectivity index (χ2n) is 7.70. The van der Waals surface area contributed by atoms with E-state index in [1.807, 2.05) is 24.3 Å². The van der Waals surface area contributed by atoms with Crippen LogP contribution in [-0.4, -0.2) is 4.98 Å². The van der Waals surface area contributed by atoms with Crippen molar-refractivity contribution in [1.29, 1.82) is 0 Å². The average Bonchev–Trinajstić information content (AvgIpc) is 3.08. The summed E-state index contributed by atoms with van der Waals surface area (Å²) in [4.78, 5) is 7.34. The van der Waals surface area contributed by atoms with E-state index in [2.05, 4.69) is 19.1 Å². The van der Waals surface area contributed by atoms with E-state index >= 15 is 0 Å². The molecule has 4 aromatic rings. The molecule has 2 heterocycles. The molecule has 1 atom stereocenters. The molecule has 30 heavy (non-hydrogen) atoms. The minimum atomic E-state index is -0.492. The summed E-state index contributed by atoms with van der Waals surface area (Å²) in [7, 11) is 0. The molecule has 1 unspecified atom stereocenters. The third-order valence-corrected chi connectivity index (χ3v) is 7.39. The summed E-state index contributed by atoms with van der Waals surface area (Å²) < 4.78 is 14.2. The van der Waals surface area contributed by atoms with Gasteiger partial charge in [0.15, 0.2) is 0 Å². The van der Waals surface area contributed by atoms with Crippen LogP contribution in [0.2, 0.25) is 10.0 Å². The van der Waals surface area contributed by atoms with Gasteiger partial charge in [0.25, 0.3) is 0 Å². The van der Waals surface area contributed by atoms with Crippen molar-refractivity contribution in [2.24, 2.45) is 5.92 Å². The Morgan fingerprint density at radius 2 is 1.80 bits per heavy atom. The van der Waals surface area contributed by atoms with Crippen molar-refractivity contribution >= 4 is 57.2 Å². The van der Waals surface area contributed by atoms with Crippen LogP contribution >= 0.6 is 46.9 Å². The maximum atomic E-state index is 14.2. The van der Waals surface area contributed by atoms with E-state index in [9.17, 15) is 4.39 Å². The first-order valence-corrected chi connectivity index (χ1v) is 11.2. The van der Waals surface area contributed by atoms with E-state index in [-0.39, 0.29) is 17.4 Å². The summed E-state index contributed by atoms with van der Waals surface area (Å²) in [5.41, 5.74) is 4.92. The van der Waals surface area contributed by atoms with E-state index in [1.54, 1.807) is 11.3 Å². The largest absolute Gasteiger partial charge is 0.237 e. The monoisotopic (exact) mass is 477 g/mol. The Bertz CT molecular complexity index is 1240. The van der Waals surface area contributed by atoms with Gasteiger partial charge in [0, 0.05) is 15.8 Å². The second kappa shape index (κ2) is 8.47. The number of pyridine rings is 1.